The minimum atomic E-state index is -1.43. The van der Waals surface area contributed by atoms with Crippen LogP contribution in [0.5, 0.6) is 5.75 Å². The van der Waals surface area contributed by atoms with Crippen molar-refractivity contribution < 1.29 is 24.3 Å². The van der Waals surface area contributed by atoms with Crippen molar-refractivity contribution in [1.29, 1.82) is 0 Å². The Balaban J connectivity index is 2.18. The van der Waals surface area contributed by atoms with Crippen LogP contribution in [0.1, 0.15) is 39.7 Å². The zero-order valence-corrected chi connectivity index (χ0v) is 14.8. The van der Waals surface area contributed by atoms with E-state index in [1.807, 2.05) is 19.9 Å². The molecule has 1 aliphatic rings. The lowest BCUT2D eigenvalue weighted by atomic mass is 9.85. The van der Waals surface area contributed by atoms with Crippen LogP contribution in [-0.4, -0.2) is 39.0 Å². The number of halogens is 1. The van der Waals surface area contributed by atoms with Crippen LogP contribution in [0.15, 0.2) is 23.8 Å². The number of aliphatic hydroxyl groups excluding tert-OH is 2. The van der Waals surface area contributed by atoms with Gasteiger partial charge in [0.25, 0.3) is 0 Å². The number of nitrogens with zero attached hydrogens (tertiary/aromatic N) is 1. The number of hydrogen-bond acceptors (Lipinski definition) is 5. The second kappa shape index (κ2) is 7.09. The third-order valence-corrected chi connectivity index (χ3v) is 4.70. The quantitative estimate of drug-likeness (QED) is 0.627. The Labute approximate surface area is 146 Å². The Bertz CT molecular complexity index is 684. The molecule has 0 spiro atoms. The monoisotopic (exact) mass is 353 g/mol. The van der Waals surface area contributed by atoms with Gasteiger partial charge in [-0.1, -0.05) is 17.7 Å². The second-order valence-electron chi connectivity index (χ2n) is 7.30. The molecule has 1 fully saturated rings. The summed E-state index contributed by atoms with van der Waals surface area (Å²) in [5.41, 5.74) is 0.279. The topological polar surface area (TPSA) is 92.8 Å². The van der Waals surface area contributed by atoms with Gasteiger partial charge in [-0.05, 0) is 38.0 Å². The van der Waals surface area contributed by atoms with Gasteiger partial charge in [-0.15, -0.1) is 0 Å². The SMILES string of the molecule is CC(C)=Cc1ccc(O[C@@H]2C[C@H](C(C)(C)[N+](=O)[O-])[C@@H](O)[C@H]2O)c(F)c1. The van der Waals surface area contributed by atoms with Crippen molar-refractivity contribution in [1.82, 2.24) is 0 Å². The molecule has 0 radical (unpaired) electrons. The van der Waals surface area contributed by atoms with Crippen molar-refractivity contribution in [2.24, 2.45) is 5.92 Å². The normalized spacial score (nSPS) is 26.4. The fourth-order valence-corrected chi connectivity index (χ4v) is 3.15. The number of rotatable bonds is 5. The minimum absolute atomic E-state index is 0.0540. The van der Waals surface area contributed by atoms with E-state index in [0.29, 0.717) is 5.56 Å². The summed E-state index contributed by atoms with van der Waals surface area (Å²) < 4.78 is 19.8. The fraction of sp³-hybridized carbons (Fsp3) is 0.556. The van der Waals surface area contributed by atoms with Crippen LogP contribution < -0.4 is 4.74 Å². The Morgan fingerprint density at radius 3 is 2.52 bits per heavy atom. The molecule has 2 N–H and O–H groups in total. The van der Waals surface area contributed by atoms with E-state index in [1.54, 1.807) is 6.07 Å². The Morgan fingerprint density at radius 2 is 2.00 bits per heavy atom. The van der Waals surface area contributed by atoms with Crippen LogP contribution in [0.4, 0.5) is 4.39 Å². The van der Waals surface area contributed by atoms with Crippen LogP contribution in [0.2, 0.25) is 0 Å². The average Bonchev–Trinajstić information content (AvgIpc) is 2.78. The maximum Gasteiger partial charge on any atom is 0.222 e. The molecule has 1 aliphatic carbocycles. The van der Waals surface area contributed by atoms with Crippen LogP contribution in [0, 0.1) is 21.8 Å². The van der Waals surface area contributed by atoms with Gasteiger partial charge in [0.2, 0.25) is 5.54 Å². The van der Waals surface area contributed by atoms with Gasteiger partial charge in [0.1, 0.15) is 12.2 Å². The molecule has 138 valence electrons. The molecule has 0 aromatic heterocycles. The first-order chi connectivity index (χ1) is 11.5. The molecule has 2 rings (SSSR count). The Morgan fingerprint density at radius 1 is 1.36 bits per heavy atom. The van der Waals surface area contributed by atoms with Gasteiger partial charge < -0.3 is 14.9 Å². The lowest BCUT2D eigenvalue weighted by Gasteiger charge is -2.25. The highest BCUT2D eigenvalue weighted by atomic mass is 19.1. The summed E-state index contributed by atoms with van der Waals surface area (Å²) in [7, 11) is 0. The Kier molecular flexibility index (Phi) is 5.49. The molecular formula is C18H24FNO5. The molecule has 0 aliphatic heterocycles. The smallest absolute Gasteiger partial charge is 0.222 e. The van der Waals surface area contributed by atoms with Crippen LogP contribution in [-0.2, 0) is 0 Å². The van der Waals surface area contributed by atoms with E-state index in [1.165, 1.54) is 26.0 Å². The van der Waals surface area contributed by atoms with Crippen molar-refractivity contribution in [2.45, 2.75) is 58.0 Å². The first-order valence-electron chi connectivity index (χ1n) is 8.15. The maximum atomic E-state index is 14.2. The van der Waals surface area contributed by atoms with E-state index in [4.69, 9.17) is 4.74 Å². The molecule has 1 aromatic rings. The van der Waals surface area contributed by atoms with Gasteiger partial charge in [-0.3, -0.25) is 10.1 Å². The van der Waals surface area contributed by atoms with Gasteiger partial charge in [-0.2, -0.15) is 0 Å². The van der Waals surface area contributed by atoms with Gasteiger partial charge >= 0.3 is 0 Å². The third kappa shape index (κ3) is 3.99. The maximum absolute atomic E-state index is 14.2. The molecule has 4 atom stereocenters. The lowest BCUT2D eigenvalue weighted by molar-refractivity contribution is -0.573. The molecule has 0 unspecified atom stereocenters. The second-order valence-corrected chi connectivity index (χ2v) is 7.30. The van der Waals surface area contributed by atoms with Crippen molar-refractivity contribution in [3.05, 3.63) is 45.3 Å². The average molecular weight is 353 g/mol. The van der Waals surface area contributed by atoms with E-state index >= 15 is 0 Å². The lowest BCUT2D eigenvalue weighted by Crippen LogP contribution is -2.45. The highest BCUT2D eigenvalue weighted by Crippen LogP contribution is 2.38. The number of aliphatic hydroxyl groups is 2. The van der Waals surface area contributed by atoms with Crippen molar-refractivity contribution in [2.75, 3.05) is 0 Å². The van der Waals surface area contributed by atoms with Gasteiger partial charge in [-0.25, -0.2) is 4.39 Å². The molecule has 0 amide bonds. The Hall–Kier alpha value is -1.99. The zero-order chi connectivity index (χ0) is 18.9. The fourth-order valence-electron chi connectivity index (χ4n) is 3.15. The summed E-state index contributed by atoms with van der Waals surface area (Å²) in [6.07, 6.45) is -1.66. The molecule has 6 nitrogen and oxygen atoms in total. The van der Waals surface area contributed by atoms with Crippen molar-refractivity contribution in [3.8, 4) is 5.75 Å². The van der Waals surface area contributed by atoms with E-state index < -0.39 is 40.5 Å². The van der Waals surface area contributed by atoms with E-state index in [9.17, 15) is 24.7 Å². The largest absolute Gasteiger partial charge is 0.485 e. The first-order valence-corrected chi connectivity index (χ1v) is 8.15. The van der Waals surface area contributed by atoms with E-state index in [-0.39, 0.29) is 12.2 Å². The number of ether oxygens (including phenoxy) is 1. The molecule has 0 heterocycles. The number of allylic oxidation sites excluding steroid dienone is 1. The molecule has 25 heavy (non-hydrogen) atoms. The molecule has 7 heteroatoms. The summed E-state index contributed by atoms with van der Waals surface area (Å²) in [4.78, 5) is 10.7. The number of benzene rings is 1. The number of nitro groups is 1. The van der Waals surface area contributed by atoms with Crippen LogP contribution in [0.3, 0.4) is 0 Å². The van der Waals surface area contributed by atoms with Gasteiger partial charge in [0.05, 0.1) is 12.0 Å². The van der Waals surface area contributed by atoms with Crippen LogP contribution >= 0.6 is 0 Å². The summed E-state index contributed by atoms with van der Waals surface area (Å²) in [6, 6.07) is 4.45. The van der Waals surface area contributed by atoms with Crippen molar-refractivity contribution >= 4 is 6.08 Å². The molecule has 1 aromatic carbocycles. The predicted octanol–water partition coefficient (Wildman–Crippen LogP) is 2.79. The summed E-state index contributed by atoms with van der Waals surface area (Å²) in [6.45, 7) is 6.58. The zero-order valence-electron chi connectivity index (χ0n) is 14.8. The van der Waals surface area contributed by atoms with Gasteiger partial charge in [0, 0.05) is 18.8 Å². The number of hydrogen-bond donors (Lipinski definition) is 2. The third-order valence-electron chi connectivity index (χ3n) is 4.70. The molecular weight excluding hydrogens is 329 g/mol. The molecule has 0 bridgehead atoms. The van der Waals surface area contributed by atoms with E-state index in [2.05, 4.69) is 0 Å². The summed E-state index contributed by atoms with van der Waals surface area (Å²) >= 11 is 0. The molecule has 1 saturated carbocycles. The highest BCUT2D eigenvalue weighted by Gasteiger charge is 2.55. The first kappa shape index (κ1) is 19.3. The summed E-state index contributed by atoms with van der Waals surface area (Å²) in [5.74, 6) is -1.44. The predicted molar refractivity (Wildman–Crippen MR) is 91.3 cm³/mol. The summed E-state index contributed by atoms with van der Waals surface area (Å²) in [5, 5.41) is 31.5. The van der Waals surface area contributed by atoms with E-state index in [0.717, 1.165) is 5.57 Å². The van der Waals surface area contributed by atoms with Crippen LogP contribution in [0.25, 0.3) is 6.08 Å². The van der Waals surface area contributed by atoms with Gasteiger partial charge in [0.15, 0.2) is 11.6 Å². The van der Waals surface area contributed by atoms with Crippen molar-refractivity contribution in [3.63, 3.8) is 0 Å². The molecule has 0 saturated heterocycles. The highest BCUT2D eigenvalue weighted by molar-refractivity contribution is 5.53. The standard InChI is InChI=1S/C18H24FNO5/c1-10(2)7-11-5-6-14(13(19)8-11)25-15-9-12(16(21)17(15)22)18(3,4)20(23)24/h5-8,12,15-17,21-22H,9H2,1-4H3/t12-,15+,16+,17-/m0/s1. The minimum Gasteiger partial charge on any atom is -0.485 e.